The predicted molar refractivity (Wildman–Crippen MR) is 115 cm³/mol. The van der Waals surface area contributed by atoms with E-state index in [2.05, 4.69) is 15.5 Å². The van der Waals surface area contributed by atoms with Gasteiger partial charge in [-0.25, -0.2) is 9.78 Å². The molecule has 0 bridgehead atoms. The van der Waals surface area contributed by atoms with Gasteiger partial charge in [-0.1, -0.05) is 19.0 Å². The van der Waals surface area contributed by atoms with Gasteiger partial charge in [0.1, 0.15) is 24.2 Å². The number of esters is 2. The van der Waals surface area contributed by atoms with Crippen LogP contribution in [0.25, 0.3) is 0 Å². The topological polar surface area (TPSA) is 163 Å². The normalized spacial score (nSPS) is 20.1. The third kappa shape index (κ3) is 5.02. The van der Waals surface area contributed by atoms with Crippen LogP contribution in [0.3, 0.4) is 0 Å². The van der Waals surface area contributed by atoms with Crippen LogP contribution in [0, 0.1) is 5.92 Å². The molecule has 1 unspecified atom stereocenters. The fraction of sp³-hybridized carbons (Fsp3) is 0.444. The molecule has 3 rings (SSSR count). The van der Waals surface area contributed by atoms with E-state index in [1.807, 2.05) is 0 Å². The standard InChI is InChI=1S/C18H21N5O7S2/c1-8(2)16(26)29-7-30-17(27)9-4-23-14(25)12(15(23)31-5-9)21-13(24)11(22-28-3)10-6-32-18(19)20-10/h4,6,8,12,15H,5,7H2,1-3H3,(H2,19,20)(H,21,24)/t12?,15-/m1/s1. The second kappa shape index (κ2) is 9.99. The van der Waals surface area contributed by atoms with Crippen LogP contribution < -0.4 is 11.1 Å². The van der Waals surface area contributed by atoms with Crippen molar-refractivity contribution in [2.24, 2.45) is 11.1 Å². The summed E-state index contributed by atoms with van der Waals surface area (Å²) in [5.41, 5.74) is 5.97. The molecule has 0 aliphatic carbocycles. The summed E-state index contributed by atoms with van der Waals surface area (Å²) in [6.45, 7) is 2.81. The lowest BCUT2D eigenvalue weighted by Gasteiger charge is -2.47. The van der Waals surface area contributed by atoms with Crippen LogP contribution in [0.1, 0.15) is 19.5 Å². The monoisotopic (exact) mass is 483 g/mol. The number of nitrogens with zero attached hydrogens (tertiary/aromatic N) is 3. The number of amides is 2. The van der Waals surface area contributed by atoms with Crippen LogP contribution in [-0.2, 0) is 33.5 Å². The molecular weight excluding hydrogens is 462 g/mol. The van der Waals surface area contributed by atoms with Crippen LogP contribution in [0.2, 0.25) is 0 Å². The second-order valence-corrected chi connectivity index (χ2v) is 8.91. The van der Waals surface area contributed by atoms with Gasteiger partial charge in [0.05, 0.1) is 11.5 Å². The Morgan fingerprint density at radius 1 is 1.38 bits per heavy atom. The first-order valence-corrected chi connectivity index (χ1v) is 11.3. The van der Waals surface area contributed by atoms with E-state index >= 15 is 0 Å². The van der Waals surface area contributed by atoms with Gasteiger partial charge in [-0.05, 0) is 0 Å². The van der Waals surface area contributed by atoms with Gasteiger partial charge in [-0.3, -0.25) is 14.4 Å². The quantitative estimate of drug-likeness (QED) is 0.170. The Morgan fingerprint density at radius 3 is 2.75 bits per heavy atom. The zero-order chi connectivity index (χ0) is 23.4. The maximum atomic E-state index is 12.7. The number of nitrogen functional groups attached to an aromatic ring is 1. The zero-order valence-electron chi connectivity index (χ0n) is 17.4. The van der Waals surface area contributed by atoms with Gasteiger partial charge in [0.15, 0.2) is 10.8 Å². The third-order valence-electron chi connectivity index (χ3n) is 4.36. The molecular formula is C18H21N5O7S2. The number of hydrogen-bond acceptors (Lipinski definition) is 12. The summed E-state index contributed by atoms with van der Waals surface area (Å²) in [7, 11) is 1.28. The van der Waals surface area contributed by atoms with E-state index in [4.69, 9.17) is 20.0 Å². The van der Waals surface area contributed by atoms with Crippen molar-refractivity contribution < 1.29 is 33.5 Å². The van der Waals surface area contributed by atoms with Crippen molar-refractivity contribution in [1.29, 1.82) is 0 Å². The Balaban J connectivity index is 1.58. The number of ether oxygens (including phenoxy) is 2. The van der Waals surface area contributed by atoms with Crippen LogP contribution in [0.5, 0.6) is 0 Å². The molecule has 0 spiro atoms. The van der Waals surface area contributed by atoms with Gasteiger partial charge in [-0.15, -0.1) is 23.1 Å². The number of thioether (sulfide) groups is 1. The fourth-order valence-electron chi connectivity index (χ4n) is 2.73. The number of carbonyl (C=O) groups excluding carboxylic acids is 4. The first kappa shape index (κ1) is 23.5. The Hall–Kier alpha value is -3.13. The van der Waals surface area contributed by atoms with E-state index in [0.29, 0.717) is 0 Å². The number of aromatic nitrogens is 1. The molecule has 2 atom stereocenters. The smallest absolute Gasteiger partial charge is 0.339 e. The van der Waals surface area contributed by atoms with Gasteiger partial charge in [0, 0.05) is 17.3 Å². The van der Waals surface area contributed by atoms with Gasteiger partial charge >= 0.3 is 11.9 Å². The Bertz CT molecular complexity index is 990. The predicted octanol–water partition coefficient (Wildman–Crippen LogP) is 0.0595. The van der Waals surface area contributed by atoms with Gasteiger partial charge in [0.25, 0.3) is 11.8 Å². The van der Waals surface area contributed by atoms with Gasteiger partial charge in [-0.2, -0.15) is 0 Å². The molecule has 2 aliphatic rings. The number of hydrogen-bond donors (Lipinski definition) is 2. The molecule has 1 saturated heterocycles. The molecule has 1 aromatic heterocycles. The number of rotatable bonds is 8. The number of carbonyl (C=O) groups is 4. The Kier molecular flexibility index (Phi) is 7.35. The summed E-state index contributed by atoms with van der Waals surface area (Å²) >= 11 is 2.42. The molecule has 3 N–H and O–H groups in total. The van der Waals surface area contributed by atoms with E-state index in [0.717, 1.165) is 11.3 Å². The van der Waals surface area contributed by atoms with Gasteiger partial charge in [0.2, 0.25) is 6.79 Å². The van der Waals surface area contributed by atoms with Crippen molar-refractivity contribution in [1.82, 2.24) is 15.2 Å². The van der Waals surface area contributed by atoms with Crippen molar-refractivity contribution in [2.75, 3.05) is 25.4 Å². The first-order valence-electron chi connectivity index (χ1n) is 9.34. The van der Waals surface area contributed by atoms with Crippen LogP contribution in [0.4, 0.5) is 5.13 Å². The molecule has 1 fully saturated rings. The highest BCUT2D eigenvalue weighted by molar-refractivity contribution is 8.00. The van der Waals surface area contributed by atoms with Gasteiger partial charge < -0.3 is 30.3 Å². The van der Waals surface area contributed by atoms with Crippen molar-refractivity contribution in [2.45, 2.75) is 25.3 Å². The molecule has 0 radical (unpaired) electrons. The number of fused-ring (bicyclic) bond motifs is 1. The number of anilines is 1. The Morgan fingerprint density at radius 2 is 2.12 bits per heavy atom. The molecule has 172 valence electrons. The van der Waals surface area contributed by atoms with Crippen LogP contribution >= 0.6 is 23.1 Å². The van der Waals surface area contributed by atoms with E-state index in [9.17, 15) is 19.2 Å². The number of nitrogens with two attached hydrogens (primary N) is 1. The summed E-state index contributed by atoms with van der Waals surface area (Å²) in [6.07, 6.45) is 1.38. The number of β-lactam (4-membered cyclic amide) rings is 1. The number of thiazole rings is 1. The molecule has 0 aromatic carbocycles. The molecule has 1 aromatic rings. The highest BCUT2D eigenvalue weighted by Crippen LogP contribution is 2.36. The lowest BCUT2D eigenvalue weighted by Crippen LogP contribution is -2.69. The summed E-state index contributed by atoms with van der Waals surface area (Å²) in [4.78, 5) is 58.8. The number of oxime groups is 1. The summed E-state index contributed by atoms with van der Waals surface area (Å²) in [6, 6.07) is -0.814. The molecule has 2 amide bonds. The minimum absolute atomic E-state index is 0.108. The van der Waals surface area contributed by atoms with Crippen molar-refractivity contribution in [3.63, 3.8) is 0 Å². The molecule has 12 nitrogen and oxygen atoms in total. The first-order chi connectivity index (χ1) is 15.2. The third-order valence-corrected chi connectivity index (χ3v) is 6.35. The highest BCUT2D eigenvalue weighted by atomic mass is 32.2. The van der Waals surface area contributed by atoms with Crippen molar-refractivity contribution in [3.05, 3.63) is 22.8 Å². The lowest BCUT2D eigenvalue weighted by atomic mass is 10.1. The second-order valence-electron chi connectivity index (χ2n) is 6.91. The molecule has 0 saturated carbocycles. The average Bonchev–Trinajstić information content (AvgIpc) is 3.20. The van der Waals surface area contributed by atoms with E-state index in [1.54, 1.807) is 19.2 Å². The van der Waals surface area contributed by atoms with E-state index in [-0.39, 0.29) is 33.8 Å². The maximum absolute atomic E-state index is 12.7. The highest BCUT2D eigenvalue weighted by Gasteiger charge is 2.50. The average molecular weight is 484 g/mol. The largest absolute Gasteiger partial charge is 0.428 e. The Labute approximate surface area is 191 Å². The molecule has 3 heterocycles. The van der Waals surface area contributed by atoms with E-state index in [1.165, 1.54) is 30.0 Å². The lowest BCUT2D eigenvalue weighted by molar-refractivity contribution is -0.167. The molecule has 2 aliphatic heterocycles. The van der Waals surface area contributed by atoms with E-state index < -0.39 is 42.0 Å². The minimum Gasteiger partial charge on any atom is -0.428 e. The molecule has 32 heavy (non-hydrogen) atoms. The fourth-order valence-corrected chi connectivity index (χ4v) is 4.52. The summed E-state index contributed by atoms with van der Waals surface area (Å²) in [5, 5.41) is 7.72. The summed E-state index contributed by atoms with van der Waals surface area (Å²) < 4.78 is 9.74. The minimum atomic E-state index is -0.814. The molecule has 14 heteroatoms. The maximum Gasteiger partial charge on any atom is 0.339 e. The summed E-state index contributed by atoms with van der Waals surface area (Å²) in [5.74, 6) is -2.31. The van der Waals surface area contributed by atoms with Crippen LogP contribution in [-0.4, -0.2) is 70.4 Å². The SMILES string of the molecule is CON=C(C(=O)NC1C(=O)N2C=C(C(=O)OCOC(=O)C(C)C)CS[C@H]12)c1csc(N)n1. The van der Waals surface area contributed by atoms with Crippen molar-refractivity contribution in [3.8, 4) is 0 Å². The zero-order valence-corrected chi connectivity index (χ0v) is 19.0. The number of nitrogens with one attached hydrogen (secondary N) is 1. The van der Waals surface area contributed by atoms with Crippen molar-refractivity contribution >= 4 is 57.7 Å². The van der Waals surface area contributed by atoms with Crippen LogP contribution in [0.15, 0.2) is 22.3 Å².